The molecule has 4 aromatic rings. The number of aryl methyl sites for hydroxylation is 1. The number of hydrazine groups is 1. The number of unbranched alkanes of at least 4 members (excludes halogenated alkanes) is 1. The van der Waals surface area contributed by atoms with Crippen molar-refractivity contribution in [2.24, 2.45) is 5.92 Å². The Bertz CT molecular complexity index is 1910. The van der Waals surface area contributed by atoms with Gasteiger partial charge in [-0.3, -0.25) is 19.6 Å². The molecule has 3 aromatic carbocycles. The summed E-state index contributed by atoms with van der Waals surface area (Å²) in [5.41, 5.74) is 5.25. The second-order valence-corrected chi connectivity index (χ2v) is 13.0. The van der Waals surface area contributed by atoms with Gasteiger partial charge in [-0.25, -0.2) is 20.7 Å². The molecular weight excluding hydrogens is 662 g/mol. The monoisotopic (exact) mass is 695 g/mol. The van der Waals surface area contributed by atoms with E-state index in [-0.39, 0.29) is 38.7 Å². The number of aromatic nitrogens is 2. The molecule has 0 aliphatic heterocycles. The molecule has 4 rings (SSSR count). The van der Waals surface area contributed by atoms with Crippen LogP contribution in [0.15, 0.2) is 83.8 Å². The first-order chi connectivity index (χ1) is 22.9. The van der Waals surface area contributed by atoms with Gasteiger partial charge in [0, 0.05) is 25.5 Å². The van der Waals surface area contributed by atoms with Gasteiger partial charge in [-0.1, -0.05) is 97.7 Å². The minimum atomic E-state index is -4.73. The van der Waals surface area contributed by atoms with Crippen molar-refractivity contribution in [2.75, 3.05) is 0 Å². The quantitative estimate of drug-likeness (QED) is 0.0902. The minimum absolute atomic E-state index is 0.102. The van der Waals surface area contributed by atoms with Gasteiger partial charge in [0.2, 0.25) is 0 Å². The van der Waals surface area contributed by atoms with Gasteiger partial charge in [0.25, 0.3) is 27.7 Å². The number of rotatable bonds is 13. The fraction of sp³-hybridized carbons (Fsp3) is 0.242. The number of hydrogen-bond acceptors (Lipinski definition) is 8. The van der Waals surface area contributed by atoms with Crippen molar-refractivity contribution in [1.29, 1.82) is 0 Å². The van der Waals surface area contributed by atoms with Gasteiger partial charge < -0.3 is 9.67 Å². The molecule has 0 radical (unpaired) electrons. The van der Waals surface area contributed by atoms with Crippen molar-refractivity contribution in [3.05, 3.63) is 107 Å². The first-order valence-corrected chi connectivity index (χ1v) is 16.7. The number of benzene rings is 3. The minimum Gasteiger partial charge on any atom is -0.476 e. The van der Waals surface area contributed by atoms with Crippen LogP contribution in [0.2, 0.25) is 5.15 Å². The van der Waals surface area contributed by atoms with Crippen molar-refractivity contribution in [3.8, 4) is 11.1 Å². The average Bonchev–Trinajstić information content (AvgIpc) is 3.39. The summed E-state index contributed by atoms with van der Waals surface area (Å²) in [7, 11) is -4.73. The van der Waals surface area contributed by atoms with Crippen LogP contribution in [0.3, 0.4) is 0 Å². The number of nitrogens with one attached hydrogen (secondary N) is 2. The Kier molecular flexibility index (Phi) is 11.7. The van der Waals surface area contributed by atoms with Crippen molar-refractivity contribution in [1.82, 2.24) is 24.9 Å². The first kappa shape index (κ1) is 35.8. The molecule has 0 saturated carbocycles. The zero-order chi connectivity index (χ0) is 35.0. The molecule has 1 aromatic heterocycles. The second-order valence-electron chi connectivity index (χ2n) is 10.8. The SMILES string of the molecule is CCCCc1nc(Cl)c(C(=O)O)n1Cc1ccc(-c2ccccc2S(=O)(=O)N(NC(=O)C(Cc2ccccc2)C(=O)NO)C(C)=O)cc1. The van der Waals surface area contributed by atoms with Crippen LogP contribution in [0, 0.1) is 5.92 Å². The number of carbonyl (C=O) groups is 4. The largest absolute Gasteiger partial charge is 0.476 e. The van der Waals surface area contributed by atoms with Gasteiger partial charge in [-0.05, 0) is 35.6 Å². The van der Waals surface area contributed by atoms with Crippen LogP contribution in [0.25, 0.3) is 11.1 Å². The molecule has 0 bridgehead atoms. The number of hydrogen-bond donors (Lipinski definition) is 4. The highest BCUT2D eigenvalue weighted by atomic mass is 35.5. The first-order valence-electron chi connectivity index (χ1n) is 14.9. The Balaban J connectivity index is 1.64. The highest BCUT2D eigenvalue weighted by molar-refractivity contribution is 7.89. The van der Waals surface area contributed by atoms with E-state index in [4.69, 9.17) is 11.6 Å². The number of hydroxylamine groups is 1. The molecule has 3 amide bonds. The highest BCUT2D eigenvalue weighted by Crippen LogP contribution is 2.30. The summed E-state index contributed by atoms with van der Waals surface area (Å²) < 4.78 is 29.6. The molecule has 1 heterocycles. The van der Waals surface area contributed by atoms with E-state index in [1.807, 2.05) is 6.92 Å². The van der Waals surface area contributed by atoms with E-state index < -0.39 is 39.6 Å². The molecule has 15 heteroatoms. The summed E-state index contributed by atoms with van der Waals surface area (Å²) in [5.74, 6) is -5.53. The van der Waals surface area contributed by atoms with Crippen molar-refractivity contribution in [2.45, 2.75) is 51.0 Å². The Labute approximate surface area is 282 Å². The van der Waals surface area contributed by atoms with E-state index in [2.05, 4.69) is 10.4 Å². The molecule has 1 unspecified atom stereocenters. The molecule has 0 fully saturated rings. The van der Waals surface area contributed by atoms with Crippen LogP contribution in [0.4, 0.5) is 0 Å². The molecule has 13 nitrogen and oxygen atoms in total. The predicted molar refractivity (Wildman–Crippen MR) is 175 cm³/mol. The van der Waals surface area contributed by atoms with E-state index in [9.17, 15) is 37.9 Å². The summed E-state index contributed by atoms with van der Waals surface area (Å²) >= 11 is 6.16. The average molecular weight is 696 g/mol. The fourth-order valence-corrected chi connectivity index (χ4v) is 6.83. The molecular formula is C33H34ClN5O8S. The van der Waals surface area contributed by atoms with Crippen molar-refractivity contribution >= 4 is 45.3 Å². The lowest BCUT2D eigenvalue weighted by Crippen LogP contribution is -2.53. The summed E-state index contributed by atoms with van der Waals surface area (Å²) in [6, 6.07) is 20.9. The van der Waals surface area contributed by atoms with E-state index in [0.717, 1.165) is 19.8 Å². The normalized spacial score (nSPS) is 11.8. The lowest BCUT2D eigenvalue weighted by Gasteiger charge is -2.25. The fourth-order valence-electron chi connectivity index (χ4n) is 5.09. The van der Waals surface area contributed by atoms with Crippen LogP contribution < -0.4 is 10.9 Å². The molecule has 0 aliphatic carbocycles. The summed E-state index contributed by atoms with van der Waals surface area (Å²) in [5, 5.41) is 18.9. The smallest absolute Gasteiger partial charge is 0.355 e. The topological polar surface area (TPSA) is 188 Å². The van der Waals surface area contributed by atoms with E-state index in [0.29, 0.717) is 28.9 Å². The standard InChI is InChI=1S/C33H34ClN5O8S/c1-3-4-14-28-35-30(34)29(33(43)44)38(28)20-23-15-17-24(18-16-23)25-12-8-9-13-27(25)48(46,47)39(21(2)40)36-31(41)26(32(42)37-45)19-22-10-6-5-7-11-22/h5-13,15-18,26,45H,3-4,14,19-20H2,1-2H3,(H,36,41)(H,37,42)(H,43,44). The Morgan fingerprint density at radius 2 is 1.58 bits per heavy atom. The Hall–Kier alpha value is -5.05. The van der Waals surface area contributed by atoms with E-state index in [1.54, 1.807) is 65.2 Å². The number of sulfonamides is 1. The third-order valence-electron chi connectivity index (χ3n) is 7.50. The highest BCUT2D eigenvalue weighted by Gasteiger charge is 2.35. The van der Waals surface area contributed by atoms with Crippen LogP contribution in [0.1, 0.15) is 54.1 Å². The predicted octanol–water partition coefficient (Wildman–Crippen LogP) is 4.23. The number of aromatic carboxylic acids is 1. The summed E-state index contributed by atoms with van der Waals surface area (Å²) in [6.07, 6.45) is 2.01. The number of carboxylic acids is 1. The zero-order valence-corrected chi connectivity index (χ0v) is 27.7. The molecule has 1 atom stereocenters. The maximum absolute atomic E-state index is 13.9. The molecule has 0 spiro atoms. The Morgan fingerprint density at radius 3 is 2.19 bits per heavy atom. The van der Waals surface area contributed by atoms with Gasteiger partial charge in [-0.15, -0.1) is 4.41 Å². The third-order valence-corrected chi connectivity index (χ3v) is 9.50. The molecule has 252 valence electrons. The lowest BCUT2D eigenvalue weighted by atomic mass is 9.98. The maximum Gasteiger partial charge on any atom is 0.355 e. The zero-order valence-electron chi connectivity index (χ0n) is 26.1. The number of carbonyl (C=O) groups excluding carboxylic acids is 3. The van der Waals surface area contributed by atoms with Gasteiger partial charge in [0.1, 0.15) is 11.7 Å². The number of carboxylic acid groups (broad SMARTS) is 1. The Morgan fingerprint density at radius 1 is 0.938 bits per heavy atom. The number of halogens is 1. The van der Waals surface area contributed by atoms with Crippen LogP contribution in [-0.4, -0.2) is 56.4 Å². The molecule has 48 heavy (non-hydrogen) atoms. The third kappa shape index (κ3) is 8.08. The van der Waals surface area contributed by atoms with E-state index in [1.165, 1.54) is 23.7 Å². The number of nitrogens with zero attached hydrogens (tertiary/aromatic N) is 3. The maximum atomic E-state index is 13.9. The lowest BCUT2D eigenvalue weighted by molar-refractivity contribution is -0.144. The van der Waals surface area contributed by atoms with Crippen molar-refractivity contribution < 1.29 is 37.9 Å². The van der Waals surface area contributed by atoms with Gasteiger partial charge in [0.15, 0.2) is 10.8 Å². The van der Waals surface area contributed by atoms with Crippen molar-refractivity contribution in [3.63, 3.8) is 0 Å². The molecule has 0 aliphatic rings. The van der Waals surface area contributed by atoms with Gasteiger partial charge in [0.05, 0.1) is 4.90 Å². The summed E-state index contributed by atoms with van der Waals surface area (Å²) in [6.45, 7) is 3.10. The number of imidazole rings is 1. The molecule has 0 saturated heterocycles. The number of amides is 3. The van der Waals surface area contributed by atoms with Gasteiger partial charge in [-0.2, -0.15) is 8.42 Å². The van der Waals surface area contributed by atoms with E-state index >= 15 is 0 Å². The molecule has 4 N–H and O–H groups in total. The second kappa shape index (κ2) is 15.7. The van der Waals surface area contributed by atoms with Crippen LogP contribution >= 0.6 is 11.6 Å². The van der Waals surface area contributed by atoms with Gasteiger partial charge >= 0.3 is 5.97 Å². The summed E-state index contributed by atoms with van der Waals surface area (Å²) in [4.78, 5) is 54.2. The van der Waals surface area contributed by atoms with Crippen LogP contribution in [-0.2, 0) is 43.8 Å². The van der Waals surface area contributed by atoms with Crippen LogP contribution in [0.5, 0.6) is 0 Å².